The number of carboxylic acids is 1. The molecule has 3 rings (SSSR count). The van der Waals surface area contributed by atoms with E-state index in [0.29, 0.717) is 19.5 Å². The molecule has 1 N–H and O–H groups in total. The van der Waals surface area contributed by atoms with Gasteiger partial charge in [0.05, 0.1) is 5.92 Å². The highest BCUT2D eigenvalue weighted by Crippen LogP contribution is 2.41. The van der Waals surface area contributed by atoms with Gasteiger partial charge in [-0.15, -0.1) is 23.1 Å². The van der Waals surface area contributed by atoms with Crippen LogP contribution in [0.5, 0.6) is 0 Å². The number of carbonyl (C=O) groups is 2. The van der Waals surface area contributed by atoms with Gasteiger partial charge in [-0.1, -0.05) is 0 Å². The number of likely N-dealkylation sites (tertiary alicyclic amines) is 1. The minimum absolute atomic E-state index is 0.0908. The number of aliphatic carboxylic acids is 1. The van der Waals surface area contributed by atoms with Crippen LogP contribution in [0.2, 0.25) is 0 Å². The molecule has 0 aromatic carbocycles. The number of fused-ring (bicyclic) bond motifs is 1. The van der Waals surface area contributed by atoms with Crippen molar-refractivity contribution in [2.45, 2.75) is 18.1 Å². The van der Waals surface area contributed by atoms with E-state index in [4.69, 9.17) is 5.11 Å². The van der Waals surface area contributed by atoms with Gasteiger partial charge in [-0.2, -0.15) is 0 Å². The number of carbonyl (C=O) groups excluding carboxylic acids is 1. The number of carboxylic acid groups (broad SMARTS) is 1. The van der Waals surface area contributed by atoms with Crippen molar-refractivity contribution in [2.24, 2.45) is 5.92 Å². The first-order valence-corrected chi connectivity index (χ1v) is 8.29. The van der Waals surface area contributed by atoms with Gasteiger partial charge < -0.3 is 10.0 Å². The first kappa shape index (κ1) is 13.0. The van der Waals surface area contributed by atoms with Gasteiger partial charge in [0.25, 0.3) is 0 Å². The molecule has 0 saturated carbocycles. The summed E-state index contributed by atoms with van der Waals surface area (Å²) >= 11 is 3.40. The standard InChI is InChI=1S/C13H15NO3S2/c15-12(14-4-1-8(7-14)13(16)17)11-9-2-5-18-10(9)3-6-19-11/h2,5,8,11H,1,3-4,6-7H2,(H,16,17)/t8-,11-/m0/s1. The third-order valence-corrected chi connectivity index (χ3v) is 5.97. The lowest BCUT2D eigenvalue weighted by atomic mass is 10.1. The zero-order valence-corrected chi connectivity index (χ0v) is 12.0. The van der Waals surface area contributed by atoms with E-state index in [2.05, 4.69) is 0 Å². The van der Waals surface area contributed by atoms with Crippen LogP contribution in [-0.4, -0.2) is 40.7 Å². The first-order chi connectivity index (χ1) is 9.16. The van der Waals surface area contributed by atoms with E-state index in [9.17, 15) is 9.59 Å². The summed E-state index contributed by atoms with van der Waals surface area (Å²) in [5, 5.41) is 10.9. The van der Waals surface area contributed by atoms with Crippen molar-refractivity contribution in [3.05, 3.63) is 21.9 Å². The van der Waals surface area contributed by atoms with Crippen molar-refractivity contribution in [3.8, 4) is 0 Å². The van der Waals surface area contributed by atoms with Gasteiger partial charge in [0.2, 0.25) is 5.91 Å². The van der Waals surface area contributed by atoms with Crippen LogP contribution >= 0.6 is 23.1 Å². The molecule has 102 valence electrons. The molecule has 1 fully saturated rings. The van der Waals surface area contributed by atoms with E-state index >= 15 is 0 Å². The molecule has 0 unspecified atom stereocenters. The molecule has 19 heavy (non-hydrogen) atoms. The zero-order chi connectivity index (χ0) is 13.4. The average molecular weight is 297 g/mol. The maximum atomic E-state index is 12.5. The maximum Gasteiger partial charge on any atom is 0.308 e. The summed E-state index contributed by atoms with van der Waals surface area (Å²) in [5.74, 6) is -0.115. The van der Waals surface area contributed by atoms with Crippen molar-refractivity contribution >= 4 is 35.0 Å². The molecule has 1 saturated heterocycles. The van der Waals surface area contributed by atoms with Gasteiger partial charge in [-0.05, 0) is 35.6 Å². The van der Waals surface area contributed by atoms with Crippen LogP contribution < -0.4 is 0 Å². The third-order valence-electron chi connectivity index (χ3n) is 3.75. The largest absolute Gasteiger partial charge is 0.481 e. The number of aryl methyl sites for hydroxylation is 1. The third kappa shape index (κ3) is 2.39. The summed E-state index contributed by atoms with van der Waals surface area (Å²) in [5.41, 5.74) is 1.14. The number of hydrogen-bond acceptors (Lipinski definition) is 4. The molecule has 0 radical (unpaired) electrons. The van der Waals surface area contributed by atoms with Gasteiger partial charge in [0.1, 0.15) is 5.25 Å². The Morgan fingerprint density at radius 1 is 1.42 bits per heavy atom. The van der Waals surface area contributed by atoms with Crippen LogP contribution in [0.1, 0.15) is 22.1 Å². The van der Waals surface area contributed by atoms with E-state index < -0.39 is 5.97 Å². The summed E-state index contributed by atoms with van der Waals surface area (Å²) in [4.78, 5) is 26.5. The maximum absolute atomic E-state index is 12.5. The Bertz CT molecular complexity index is 514. The minimum atomic E-state index is -0.789. The van der Waals surface area contributed by atoms with E-state index in [1.165, 1.54) is 4.88 Å². The smallest absolute Gasteiger partial charge is 0.308 e. The summed E-state index contributed by atoms with van der Waals surface area (Å²) in [6.45, 7) is 0.941. The fourth-order valence-electron chi connectivity index (χ4n) is 2.68. The topological polar surface area (TPSA) is 57.6 Å². The summed E-state index contributed by atoms with van der Waals surface area (Å²) in [6.07, 6.45) is 1.62. The quantitative estimate of drug-likeness (QED) is 0.907. The van der Waals surface area contributed by atoms with Gasteiger partial charge in [-0.3, -0.25) is 9.59 Å². The molecule has 2 aliphatic rings. The Morgan fingerprint density at radius 3 is 3.00 bits per heavy atom. The second-order valence-electron chi connectivity index (χ2n) is 4.91. The molecule has 3 heterocycles. The van der Waals surface area contributed by atoms with Crippen molar-refractivity contribution in [1.29, 1.82) is 0 Å². The van der Waals surface area contributed by atoms with Gasteiger partial charge in [-0.25, -0.2) is 0 Å². The molecule has 4 nitrogen and oxygen atoms in total. The first-order valence-electron chi connectivity index (χ1n) is 6.36. The van der Waals surface area contributed by atoms with Crippen LogP contribution in [-0.2, 0) is 16.0 Å². The SMILES string of the molecule is O=C(O)[C@H]1CCN(C(=O)[C@H]2SCCc3sccc32)C1. The molecule has 2 atom stereocenters. The minimum Gasteiger partial charge on any atom is -0.481 e. The van der Waals surface area contributed by atoms with Crippen molar-refractivity contribution in [2.75, 3.05) is 18.8 Å². The number of thioether (sulfide) groups is 1. The zero-order valence-electron chi connectivity index (χ0n) is 10.4. The Balaban J connectivity index is 1.74. The fourth-order valence-corrected chi connectivity index (χ4v) is 5.05. The lowest BCUT2D eigenvalue weighted by Gasteiger charge is -2.26. The van der Waals surface area contributed by atoms with Crippen LogP contribution in [0.15, 0.2) is 11.4 Å². The Kier molecular flexibility index (Phi) is 3.54. The average Bonchev–Trinajstić information content (AvgIpc) is 3.06. The van der Waals surface area contributed by atoms with Crippen molar-refractivity contribution in [1.82, 2.24) is 4.90 Å². The molecule has 0 spiro atoms. The van der Waals surface area contributed by atoms with E-state index in [1.807, 2.05) is 11.4 Å². The van der Waals surface area contributed by atoms with Gasteiger partial charge >= 0.3 is 5.97 Å². The molecule has 6 heteroatoms. The number of hydrogen-bond donors (Lipinski definition) is 1. The number of thiophene rings is 1. The van der Waals surface area contributed by atoms with Crippen molar-refractivity contribution < 1.29 is 14.7 Å². The lowest BCUT2D eigenvalue weighted by Crippen LogP contribution is -2.34. The second kappa shape index (κ2) is 5.17. The predicted octanol–water partition coefficient (Wildman–Crippen LogP) is 2.01. The number of amides is 1. The molecule has 0 aliphatic carbocycles. The molecule has 1 aromatic heterocycles. The molecule has 0 bridgehead atoms. The lowest BCUT2D eigenvalue weighted by molar-refractivity contribution is -0.141. The molecular formula is C13H15NO3S2. The van der Waals surface area contributed by atoms with E-state index in [0.717, 1.165) is 17.7 Å². The molecule has 2 aliphatic heterocycles. The monoisotopic (exact) mass is 297 g/mol. The highest BCUT2D eigenvalue weighted by Gasteiger charge is 2.36. The summed E-state index contributed by atoms with van der Waals surface area (Å²) < 4.78 is 0. The summed E-state index contributed by atoms with van der Waals surface area (Å²) in [7, 11) is 0. The van der Waals surface area contributed by atoms with E-state index in [1.54, 1.807) is 28.0 Å². The normalized spacial score (nSPS) is 26.2. The van der Waals surface area contributed by atoms with Crippen LogP contribution in [0.3, 0.4) is 0 Å². The fraction of sp³-hybridized carbons (Fsp3) is 0.538. The van der Waals surface area contributed by atoms with Crippen LogP contribution in [0.25, 0.3) is 0 Å². The van der Waals surface area contributed by atoms with E-state index in [-0.39, 0.29) is 17.1 Å². The highest BCUT2D eigenvalue weighted by atomic mass is 32.2. The number of nitrogens with zero attached hydrogens (tertiary/aromatic N) is 1. The second-order valence-corrected chi connectivity index (χ2v) is 7.12. The number of rotatable bonds is 2. The molecule has 1 amide bonds. The Labute approximate surface area is 119 Å². The van der Waals surface area contributed by atoms with Gasteiger partial charge in [0, 0.05) is 18.0 Å². The Hall–Kier alpha value is -1.01. The predicted molar refractivity (Wildman–Crippen MR) is 75.5 cm³/mol. The van der Waals surface area contributed by atoms with Crippen molar-refractivity contribution in [3.63, 3.8) is 0 Å². The van der Waals surface area contributed by atoms with Crippen LogP contribution in [0.4, 0.5) is 0 Å². The highest BCUT2D eigenvalue weighted by molar-refractivity contribution is 8.00. The Morgan fingerprint density at radius 2 is 2.26 bits per heavy atom. The van der Waals surface area contributed by atoms with Gasteiger partial charge in [0.15, 0.2) is 0 Å². The summed E-state index contributed by atoms with van der Waals surface area (Å²) in [6, 6.07) is 2.04. The van der Waals surface area contributed by atoms with Crippen LogP contribution in [0, 0.1) is 5.92 Å². The molecule has 1 aromatic rings. The molecular weight excluding hydrogens is 282 g/mol.